The molecule has 2 aliphatic rings. The number of carbonyl (C=O) groups is 2. The summed E-state index contributed by atoms with van der Waals surface area (Å²) >= 11 is 0. The first-order valence-corrected chi connectivity index (χ1v) is 10.3. The smallest absolute Gasteiger partial charge is 0.309 e. The first-order valence-electron chi connectivity index (χ1n) is 10.3. The zero-order chi connectivity index (χ0) is 23.5. The minimum Gasteiger partial charge on any atom is -0.488 e. The third-order valence-corrected chi connectivity index (χ3v) is 6.06. The molecule has 0 saturated heterocycles. The fourth-order valence-electron chi connectivity index (χ4n) is 4.43. The highest BCUT2D eigenvalue weighted by molar-refractivity contribution is 5.80. The molecule has 2 bridgehead atoms. The molecule has 0 amide bonds. The fourth-order valence-corrected chi connectivity index (χ4v) is 4.43. The first-order chi connectivity index (χ1) is 15.9. The fraction of sp³-hybridized carbons (Fsp3) is 0.304. The van der Waals surface area contributed by atoms with Gasteiger partial charge in [-0.25, -0.2) is 0 Å². The van der Waals surface area contributed by atoms with Crippen molar-refractivity contribution in [2.24, 2.45) is 17.8 Å². The number of esters is 1. The van der Waals surface area contributed by atoms with Crippen LogP contribution in [0.1, 0.15) is 34.3 Å². The molecule has 10 heteroatoms. The van der Waals surface area contributed by atoms with Crippen molar-refractivity contribution in [1.82, 2.24) is 0 Å². The van der Waals surface area contributed by atoms with E-state index in [0.717, 1.165) is 25.0 Å². The van der Waals surface area contributed by atoms with Gasteiger partial charge in [-0.15, -0.1) is 0 Å². The molecular formula is C23H20N2O8. The van der Waals surface area contributed by atoms with Crippen LogP contribution < -0.4 is 4.74 Å². The number of nitro groups is 2. The number of benzene rings is 2. The number of fused-ring (bicyclic) bond motifs is 2. The third kappa shape index (κ3) is 4.59. The summed E-state index contributed by atoms with van der Waals surface area (Å²) in [4.78, 5) is 45.0. The number of nitro benzene ring substituents is 2. The van der Waals surface area contributed by atoms with Crippen LogP contribution in [0.3, 0.4) is 0 Å². The number of ether oxygens (including phenoxy) is 2. The van der Waals surface area contributed by atoms with Crippen molar-refractivity contribution < 1.29 is 28.9 Å². The Morgan fingerprint density at radius 2 is 1.76 bits per heavy atom. The molecule has 0 N–H and O–H groups in total. The van der Waals surface area contributed by atoms with Crippen molar-refractivity contribution in [3.8, 4) is 5.75 Å². The van der Waals surface area contributed by atoms with Gasteiger partial charge in [0.25, 0.3) is 11.4 Å². The van der Waals surface area contributed by atoms with Gasteiger partial charge in [-0.05, 0) is 48.4 Å². The molecule has 2 aromatic rings. The minimum atomic E-state index is -0.726. The number of nitrogens with zero attached hydrogens (tertiary/aromatic N) is 2. The summed E-state index contributed by atoms with van der Waals surface area (Å²) in [7, 11) is 0. The van der Waals surface area contributed by atoms with Crippen LogP contribution in [-0.4, -0.2) is 22.1 Å². The van der Waals surface area contributed by atoms with E-state index in [0.29, 0.717) is 17.8 Å². The highest BCUT2D eigenvalue weighted by Gasteiger charge is 2.40. The van der Waals surface area contributed by atoms with E-state index in [-0.39, 0.29) is 41.3 Å². The van der Waals surface area contributed by atoms with Crippen molar-refractivity contribution >= 4 is 23.6 Å². The number of hydrogen-bond donors (Lipinski definition) is 0. The quantitative estimate of drug-likeness (QED) is 0.182. The lowest BCUT2D eigenvalue weighted by atomic mass is 9.94. The van der Waals surface area contributed by atoms with Gasteiger partial charge in [0, 0.05) is 12.1 Å². The highest BCUT2D eigenvalue weighted by atomic mass is 16.6. The van der Waals surface area contributed by atoms with E-state index in [9.17, 15) is 29.8 Å². The summed E-state index contributed by atoms with van der Waals surface area (Å²) in [6, 6.07) is 8.08. The Hall–Kier alpha value is -4.08. The van der Waals surface area contributed by atoms with Gasteiger partial charge in [-0.3, -0.25) is 29.8 Å². The number of hydrogen-bond acceptors (Lipinski definition) is 8. The summed E-state index contributed by atoms with van der Waals surface area (Å²) in [6.45, 7) is -0.479. The molecule has 0 aromatic heterocycles. The van der Waals surface area contributed by atoms with Gasteiger partial charge < -0.3 is 9.47 Å². The molecule has 0 radical (unpaired) electrons. The van der Waals surface area contributed by atoms with E-state index in [1.165, 1.54) is 18.2 Å². The maximum Gasteiger partial charge on any atom is 0.309 e. The SMILES string of the molecule is O=Cc1cc(COC(=O)C2C[C@@H]3C=C[C@H]2C3)ccc1OCc1c([N+](=O)[O-])cccc1[N+](=O)[O-]. The highest BCUT2D eigenvalue weighted by Crippen LogP contribution is 2.44. The molecule has 33 heavy (non-hydrogen) atoms. The molecule has 10 nitrogen and oxygen atoms in total. The van der Waals surface area contributed by atoms with Crippen LogP contribution in [-0.2, 0) is 22.7 Å². The van der Waals surface area contributed by atoms with Crippen molar-refractivity contribution in [2.75, 3.05) is 0 Å². The second-order valence-electron chi connectivity index (χ2n) is 8.06. The van der Waals surface area contributed by atoms with Crippen molar-refractivity contribution in [2.45, 2.75) is 26.1 Å². The zero-order valence-electron chi connectivity index (χ0n) is 17.4. The summed E-state index contributed by atoms with van der Waals surface area (Å²) < 4.78 is 11.0. The predicted molar refractivity (Wildman–Crippen MR) is 115 cm³/mol. The Balaban J connectivity index is 1.44. The van der Waals surface area contributed by atoms with E-state index >= 15 is 0 Å². The van der Waals surface area contributed by atoms with Crippen molar-refractivity contribution in [3.63, 3.8) is 0 Å². The molecule has 3 atom stereocenters. The predicted octanol–water partition coefficient (Wildman–Crippen LogP) is 4.15. The Morgan fingerprint density at radius 1 is 1.03 bits per heavy atom. The molecule has 2 aromatic carbocycles. The maximum atomic E-state index is 12.4. The second kappa shape index (κ2) is 9.19. The van der Waals surface area contributed by atoms with Crippen LogP contribution in [0.5, 0.6) is 5.75 Å². The molecule has 170 valence electrons. The number of carbonyl (C=O) groups excluding carboxylic acids is 2. The lowest BCUT2D eigenvalue weighted by Crippen LogP contribution is -2.21. The van der Waals surface area contributed by atoms with Crippen LogP contribution in [0.4, 0.5) is 11.4 Å². The Kier molecular flexibility index (Phi) is 6.16. The topological polar surface area (TPSA) is 139 Å². The van der Waals surface area contributed by atoms with Gasteiger partial charge >= 0.3 is 5.97 Å². The number of aldehydes is 1. The monoisotopic (exact) mass is 452 g/mol. The van der Waals surface area contributed by atoms with Crippen molar-refractivity contribution in [3.05, 3.63) is 85.5 Å². The summed E-state index contributed by atoms with van der Waals surface area (Å²) in [5, 5.41) is 22.5. The third-order valence-electron chi connectivity index (χ3n) is 6.06. The van der Waals surface area contributed by atoms with Crippen molar-refractivity contribution in [1.29, 1.82) is 0 Å². The lowest BCUT2D eigenvalue weighted by Gasteiger charge is -2.17. The van der Waals surface area contributed by atoms with E-state index in [1.807, 2.05) is 0 Å². The van der Waals surface area contributed by atoms with Crippen LogP contribution in [0, 0.1) is 38.0 Å². The Bertz CT molecular complexity index is 1130. The molecule has 4 rings (SSSR count). The molecule has 0 spiro atoms. The average Bonchev–Trinajstić information content (AvgIpc) is 3.45. The van der Waals surface area contributed by atoms with Crippen LogP contribution >= 0.6 is 0 Å². The van der Waals surface area contributed by atoms with Gasteiger partial charge in [-0.2, -0.15) is 0 Å². The molecular weight excluding hydrogens is 432 g/mol. The number of allylic oxidation sites excluding steroid dienone is 2. The zero-order valence-corrected chi connectivity index (χ0v) is 17.4. The summed E-state index contributed by atoms with van der Waals surface area (Å²) in [6.07, 6.45) is 6.53. The molecule has 1 saturated carbocycles. The summed E-state index contributed by atoms with van der Waals surface area (Å²) in [5.41, 5.74) is -0.394. The van der Waals surface area contributed by atoms with E-state index < -0.39 is 27.8 Å². The van der Waals surface area contributed by atoms with E-state index in [2.05, 4.69) is 12.2 Å². The van der Waals surface area contributed by atoms with Gasteiger partial charge in [0.2, 0.25) is 0 Å². The number of rotatable bonds is 9. The van der Waals surface area contributed by atoms with Gasteiger partial charge in [-0.1, -0.05) is 18.2 Å². The van der Waals surface area contributed by atoms with Gasteiger partial charge in [0.1, 0.15) is 24.5 Å². The largest absolute Gasteiger partial charge is 0.488 e. The van der Waals surface area contributed by atoms with Gasteiger partial charge in [0.15, 0.2) is 6.29 Å². The Labute approximate surface area is 188 Å². The normalized spacial score (nSPS) is 20.4. The van der Waals surface area contributed by atoms with Crippen LogP contribution in [0.25, 0.3) is 0 Å². The van der Waals surface area contributed by atoms with Crippen LogP contribution in [0.15, 0.2) is 48.6 Å². The minimum absolute atomic E-state index is 0.00676. The maximum absolute atomic E-state index is 12.4. The molecule has 1 fully saturated rings. The second-order valence-corrected chi connectivity index (χ2v) is 8.06. The molecule has 0 heterocycles. The first kappa shape index (κ1) is 22.1. The molecule has 2 aliphatic carbocycles. The Morgan fingerprint density at radius 3 is 2.33 bits per heavy atom. The molecule has 0 aliphatic heterocycles. The average molecular weight is 452 g/mol. The van der Waals surface area contributed by atoms with Crippen LogP contribution in [0.2, 0.25) is 0 Å². The van der Waals surface area contributed by atoms with E-state index in [1.54, 1.807) is 6.07 Å². The summed E-state index contributed by atoms with van der Waals surface area (Å²) in [5.74, 6) is 0.386. The standard InChI is InChI=1S/C23H20N2O8/c26-11-17-9-15(12-33-23(27)18-10-14-4-6-16(18)8-14)5-7-22(17)32-13-19-20(24(28)29)2-1-3-21(19)25(30)31/h1-7,9,11,14,16,18H,8,10,12-13H2/t14-,16+,18?/m1/s1. The van der Waals surface area contributed by atoms with E-state index in [4.69, 9.17) is 9.47 Å². The van der Waals surface area contributed by atoms with Gasteiger partial charge in [0.05, 0.1) is 21.3 Å². The lowest BCUT2D eigenvalue weighted by molar-refractivity contribution is -0.396. The molecule has 1 unspecified atom stereocenters.